The van der Waals surface area contributed by atoms with Crippen LogP contribution in [0.2, 0.25) is 0 Å². The molecule has 0 radical (unpaired) electrons. The number of hydrogen-bond donors (Lipinski definition) is 3. The number of fused-ring (bicyclic) bond motifs is 1. The van der Waals surface area contributed by atoms with E-state index in [9.17, 15) is 19.2 Å². The van der Waals surface area contributed by atoms with Gasteiger partial charge in [-0.15, -0.1) is 11.3 Å². The van der Waals surface area contributed by atoms with Gasteiger partial charge in [0.1, 0.15) is 6.04 Å². The highest BCUT2D eigenvalue weighted by atomic mass is 32.1. The summed E-state index contributed by atoms with van der Waals surface area (Å²) in [6.45, 7) is 2.27. The predicted octanol–water partition coefficient (Wildman–Crippen LogP) is 1.23. The van der Waals surface area contributed by atoms with Gasteiger partial charge in [0.15, 0.2) is 5.13 Å². The first-order chi connectivity index (χ1) is 15.0. The summed E-state index contributed by atoms with van der Waals surface area (Å²) >= 11 is 1.52. The van der Waals surface area contributed by atoms with Crippen LogP contribution >= 0.6 is 11.3 Å². The van der Waals surface area contributed by atoms with Gasteiger partial charge in [0.2, 0.25) is 11.8 Å². The third-order valence-corrected chi connectivity index (χ3v) is 6.80. The minimum atomic E-state index is -0.965. The molecule has 4 heterocycles. The molecule has 1 aromatic carbocycles. The minimum absolute atomic E-state index is 0.0983. The number of nitrogens with one attached hydrogen (secondary N) is 3. The lowest BCUT2D eigenvalue weighted by atomic mass is 10.0. The van der Waals surface area contributed by atoms with Crippen LogP contribution < -0.4 is 16.0 Å². The molecule has 5 rings (SSSR count). The van der Waals surface area contributed by atoms with Gasteiger partial charge in [-0.2, -0.15) is 0 Å². The molecule has 2 unspecified atom stereocenters. The van der Waals surface area contributed by atoms with Crippen molar-refractivity contribution >= 4 is 40.1 Å². The maximum absolute atomic E-state index is 13.1. The van der Waals surface area contributed by atoms with E-state index in [-0.39, 0.29) is 24.3 Å². The van der Waals surface area contributed by atoms with Gasteiger partial charge >= 0.3 is 0 Å². The summed E-state index contributed by atoms with van der Waals surface area (Å²) in [4.78, 5) is 55.4. The van der Waals surface area contributed by atoms with Gasteiger partial charge < -0.3 is 10.6 Å². The second-order valence-electron chi connectivity index (χ2n) is 7.91. The average Bonchev–Trinajstić information content (AvgIpc) is 3.49. The number of thiazole rings is 1. The number of anilines is 1. The summed E-state index contributed by atoms with van der Waals surface area (Å²) in [6, 6.07) is 4.15. The minimum Gasteiger partial charge on any atom is -0.357 e. The number of imide groups is 2. The molecule has 2 saturated heterocycles. The quantitative estimate of drug-likeness (QED) is 0.600. The van der Waals surface area contributed by atoms with E-state index in [1.54, 1.807) is 18.2 Å². The van der Waals surface area contributed by atoms with E-state index in [4.69, 9.17) is 0 Å². The third kappa shape index (κ3) is 3.51. The lowest BCUT2D eigenvalue weighted by Crippen LogP contribution is -2.54. The Kier molecular flexibility index (Phi) is 5.03. The summed E-state index contributed by atoms with van der Waals surface area (Å²) in [5, 5.41) is 11.6. The molecule has 3 aliphatic rings. The van der Waals surface area contributed by atoms with Crippen LogP contribution in [0.3, 0.4) is 0 Å². The Hall–Kier alpha value is -3.11. The molecule has 10 heteroatoms. The maximum atomic E-state index is 13.1. The molecule has 0 spiro atoms. The number of amides is 4. The van der Waals surface area contributed by atoms with E-state index in [2.05, 4.69) is 26.3 Å². The van der Waals surface area contributed by atoms with Gasteiger partial charge in [-0.05, 0) is 31.0 Å². The SMILES string of the molecule is O=C1CCC(N2C(=O)c3cccc(CNc4nc(C5CCNC5)cs4)c3C2=O)C(=O)N1. The standard InChI is InChI=1S/C21H21N5O4S/c27-16-5-4-15(18(28)25-16)26-19(29)13-3-1-2-12(17(13)20(26)30)9-23-21-24-14(10-31-21)11-6-7-22-8-11/h1-3,10-11,15,22H,4-9H2,(H,23,24)(H,25,27,28). The summed E-state index contributed by atoms with van der Waals surface area (Å²) in [5.41, 5.74) is 2.32. The molecule has 31 heavy (non-hydrogen) atoms. The largest absolute Gasteiger partial charge is 0.357 e. The van der Waals surface area contributed by atoms with Crippen LogP contribution in [0.25, 0.3) is 0 Å². The highest BCUT2D eigenvalue weighted by molar-refractivity contribution is 7.13. The molecule has 160 valence electrons. The van der Waals surface area contributed by atoms with E-state index in [1.807, 2.05) is 0 Å². The van der Waals surface area contributed by atoms with Crippen molar-refractivity contribution in [1.29, 1.82) is 0 Å². The topological polar surface area (TPSA) is 120 Å². The average molecular weight is 439 g/mol. The first-order valence-electron chi connectivity index (χ1n) is 10.3. The lowest BCUT2D eigenvalue weighted by molar-refractivity contribution is -0.136. The van der Waals surface area contributed by atoms with Crippen molar-refractivity contribution in [2.45, 2.75) is 37.8 Å². The maximum Gasteiger partial charge on any atom is 0.262 e. The first kappa shape index (κ1) is 19.8. The summed E-state index contributed by atoms with van der Waals surface area (Å²) in [6.07, 6.45) is 1.31. The molecule has 2 fully saturated rings. The van der Waals surface area contributed by atoms with Crippen LogP contribution in [-0.4, -0.2) is 52.6 Å². The number of benzene rings is 1. The molecule has 0 saturated carbocycles. The number of carbonyl (C=O) groups excluding carboxylic acids is 4. The van der Waals surface area contributed by atoms with E-state index in [0.29, 0.717) is 23.6 Å². The number of piperidine rings is 1. The highest BCUT2D eigenvalue weighted by Crippen LogP contribution is 2.31. The molecule has 0 bridgehead atoms. The van der Waals surface area contributed by atoms with Crippen molar-refractivity contribution in [2.24, 2.45) is 0 Å². The van der Waals surface area contributed by atoms with Crippen LogP contribution in [0.15, 0.2) is 23.6 Å². The van der Waals surface area contributed by atoms with Crippen LogP contribution in [-0.2, 0) is 16.1 Å². The second-order valence-corrected chi connectivity index (χ2v) is 8.77. The highest BCUT2D eigenvalue weighted by Gasteiger charge is 2.45. The van der Waals surface area contributed by atoms with Crippen molar-refractivity contribution in [3.8, 4) is 0 Å². The number of rotatable bonds is 5. The van der Waals surface area contributed by atoms with Crippen molar-refractivity contribution in [2.75, 3.05) is 18.4 Å². The van der Waals surface area contributed by atoms with E-state index >= 15 is 0 Å². The summed E-state index contributed by atoms with van der Waals surface area (Å²) < 4.78 is 0. The van der Waals surface area contributed by atoms with Crippen molar-refractivity contribution in [1.82, 2.24) is 20.5 Å². The van der Waals surface area contributed by atoms with Crippen molar-refractivity contribution in [3.63, 3.8) is 0 Å². The van der Waals surface area contributed by atoms with Gasteiger partial charge in [0.25, 0.3) is 11.8 Å². The molecule has 4 amide bonds. The Morgan fingerprint density at radius 2 is 2.03 bits per heavy atom. The Morgan fingerprint density at radius 1 is 1.16 bits per heavy atom. The van der Waals surface area contributed by atoms with E-state index in [1.165, 1.54) is 11.3 Å². The molecular weight excluding hydrogens is 418 g/mol. The molecule has 3 aliphatic heterocycles. The number of carbonyl (C=O) groups is 4. The molecular formula is C21H21N5O4S. The molecule has 3 N–H and O–H groups in total. The van der Waals surface area contributed by atoms with Crippen molar-refractivity contribution < 1.29 is 19.2 Å². The summed E-state index contributed by atoms with van der Waals surface area (Å²) in [5.74, 6) is -1.57. The van der Waals surface area contributed by atoms with Crippen LogP contribution in [0.1, 0.15) is 57.2 Å². The van der Waals surface area contributed by atoms with Gasteiger partial charge in [0, 0.05) is 30.8 Å². The molecule has 1 aromatic heterocycles. The fourth-order valence-corrected chi connectivity index (χ4v) is 5.16. The van der Waals surface area contributed by atoms with Crippen LogP contribution in [0, 0.1) is 0 Å². The Balaban J connectivity index is 1.34. The molecule has 2 aromatic rings. The van der Waals surface area contributed by atoms with E-state index in [0.717, 1.165) is 35.2 Å². The van der Waals surface area contributed by atoms with Crippen molar-refractivity contribution in [3.05, 3.63) is 46.0 Å². The van der Waals surface area contributed by atoms with E-state index < -0.39 is 23.8 Å². The molecule has 0 aliphatic carbocycles. The monoisotopic (exact) mass is 439 g/mol. The molecule has 9 nitrogen and oxygen atoms in total. The first-order valence-corrected chi connectivity index (χ1v) is 11.1. The lowest BCUT2D eigenvalue weighted by Gasteiger charge is -2.27. The number of nitrogens with zero attached hydrogens (tertiary/aromatic N) is 2. The third-order valence-electron chi connectivity index (χ3n) is 5.99. The smallest absolute Gasteiger partial charge is 0.262 e. The zero-order chi connectivity index (χ0) is 21.5. The predicted molar refractivity (Wildman–Crippen MR) is 113 cm³/mol. The number of hydrogen-bond acceptors (Lipinski definition) is 8. The van der Waals surface area contributed by atoms with Gasteiger partial charge in [-0.1, -0.05) is 12.1 Å². The Morgan fingerprint density at radius 3 is 2.81 bits per heavy atom. The fourth-order valence-electron chi connectivity index (χ4n) is 4.37. The Bertz CT molecular complexity index is 1090. The zero-order valence-corrected chi connectivity index (χ0v) is 17.5. The van der Waals surface area contributed by atoms with Crippen LogP contribution in [0.5, 0.6) is 0 Å². The van der Waals surface area contributed by atoms with Crippen LogP contribution in [0.4, 0.5) is 5.13 Å². The van der Waals surface area contributed by atoms with Gasteiger partial charge in [-0.25, -0.2) is 4.98 Å². The summed E-state index contributed by atoms with van der Waals surface area (Å²) in [7, 11) is 0. The second kappa shape index (κ2) is 7.86. The number of aromatic nitrogens is 1. The normalized spacial score (nSPS) is 23.3. The Labute approximate surface area is 182 Å². The van der Waals surface area contributed by atoms with Gasteiger partial charge in [0.05, 0.1) is 16.8 Å². The van der Waals surface area contributed by atoms with Gasteiger partial charge in [-0.3, -0.25) is 29.4 Å². The molecule has 2 atom stereocenters. The zero-order valence-electron chi connectivity index (χ0n) is 16.6. The fraction of sp³-hybridized carbons (Fsp3) is 0.381.